The van der Waals surface area contributed by atoms with Gasteiger partial charge in [0.15, 0.2) is 11.5 Å². The molecule has 0 saturated carbocycles. The molecular weight excluding hydrogens is 328 g/mol. The molecule has 1 aromatic heterocycles. The third-order valence-corrected chi connectivity index (χ3v) is 4.35. The van der Waals surface area contributed by atoms with Gasteiger partial charge in [0.25, 0.3) is 0 Å². The van der Waals surface area contributed by atoms with Crippen LogP contribution in [0.2, 0.25) is 0 Å². The van der Waals surface area contributed by atoms with Gasteiger partial charge in [-0.3, -0.25) is 0 Å². The van der Waals surface area contributed by atoms with Crippen LogP contribution in [-0.2, 0) is 6.54 Å². The number of anilines is 1. The number of aryl methyl sites for hydroxylation is 1. The maximum absolute atomic E-state index is 5.58. The van der Waals surface area contributed by atoms with Gasteiger partial charge in [0.1, 0.15) is 18.2 Å². The first-order valence-corrected chi connectivity index (χ1v) is 7.63. The van der Waals surface area contributed by atoms with Crippen molar-refractivity contribution in [2.75, 3.05) is 18.5 Å². The molecule has 3 rings (SSSR count). The van der Waals surface area contributed by atoms with Gasteiger partial charge in [0.05, 0.1) is 12.2 Å². The number of benzene rings is 1. The van der Waals surface area contributed by atoms with Crippen LogP contribution in [0.15, 0.2) is 22.0 Å². The summed E-state index contributed by atoms with van der Waals surface area (Å²) < 4.78 is 12.1. The molecule has 1 aromatic carbocycles. The number of thiazole rings is 1. The molecule has 2 heterocycles. The lowest BCUT2D eigenvalue weighted by Crippen LogP contribution is -2.15. The molecular formula is C13H13BrN2O2S. The normalized spacial score (nSPS) is 13.4. The van der Waals surface area contributed by atoms with Gasteiger partial charge in [0.2, 0.25) is 0 Å². The van der Waals surface area contributed by atoms with Crippen molar-refractivity contribution in [3.05, 3.63) is 32.7 Å². The Kier molecular flexibility index (Phi) is 3.61. The lowest BCUT2D eigenvalue weighted by molar-refractivity contribution is 0.171. The van der Waals surface area contributed by atoms with Crippen LogP contribution in [0.3, 0.4) is 0 Å². The Balaban J connectivity index is 1.77. The quantitative estimate of drug-likeness (QED) is 0.926. The Hall–Kier alpha value is -1.27. The van der Waals surface area contributed by atoms with Gasteiger partial charge in [0, 0.05) is 27.7 Å². The summed E-state index contributed by atoms with van der Waals surface area (Å²) in [5, 5.41) is 6.48. The van der Waals surface area contributed by atoms with Crippen molar-refractivity contribution in [2.45, 2.75) is 13.5 Å². The fraction of sp³-hybridized carbons (Fsp3) is 0.308. The van der Waals surface area contributed by atoms with Gasteiger partial charge in [-0.25, -0.2) is 4.98 Å². The summed E-state index contributed by atoms with van der Waals surface area (Å²) in [6.45, 7) is 3.90. The van der Waals surface area contributed by atoms with Crippen molar-refractivity contribution in [1.82, 2.24) is 4.98 Å². The minimum absolute atomic E-state index is 0.597. The second-order valence-electron chi connectivity index (χ2n) is 4.21. The highest BCUT2D eigenvalue weighted by molar-refractivity contribution is 9.10. The molecule has 0 radical (unpaired) electrons. The summed E-state index contributed by atoms with van der Waals surface area (Å²) in [4.78, 5) is 4.43. The lowest BCUT2D eigenvalue weighted by atomic mass is 10.2. The Morgan fingerprint density at radius 2 is 2.05 bits per heavy atom. The Morgan fingerprint density at radius 1 is 1.32 bits per heavy atom. The van der Waals surface area contributed by atoms with Crippen molar-refractivity contribution < 1.29 is 9.47 Å². The smallest absolute Gasteiger partial charge is 0.163 e. The van der Waals surface area contributed by atoms with Gasteiger partial charge < -0.3 is 14.8 Å². The molecule has 1 aliphatic heterocycles. The van der Waals surface area contributed by atoms with E-state index < -0.39 is 0 Å². The highest BCUT2D eigenvalue weighted by atomic mass is 79.9. The van der Waals surface area contributed by atoms with Crippen molar-refractivity contribution in [3.63, 3.8) is 0 Å². The number of aromatic nitrogens is 1. The average Bonchev–Trinajstić information content (AvgIpc) is 2.82. The second kappa shape index (κ2) is 5.38. The minimum atomic E-state index is 0.597. The Bertz CT molecular complexity index is 600. The standard InChI is InChI=1S/C13H13BrN2O2S/c1-8-7-19-13(16-8)6-15-10-5-12-11(4-9(10)14)17-2-3-18-12/h4-5,7,15H,2-3,6H2,1H3. The Labute approximate surface area is 123 Å². The first-order chi connectivity index (χ1) is 9.22. The van der Waals surface area contributed by atoms with Gasteiger partial charge in [-0.1, -0.05) is 0 Å². The molecule has 0 saturated heterocycles. The van der Waals surface area contributed by atoms with E-state index in [-0.39, 0.29) is 0 Å². The third kappa shape index (κ3) is 2.84. The van der Waals surface area contributed by atoms with E-state index in [1.54, 1.807) is 11.3 Å². The molecule has 0 aliphatic carbocycles. The molecule has 4 nitrogen and oxygen atoms in total. The van der Waals surface area contributed by atoms with Crippen molar-refractivity contribution in [1.29, 1.82) is 0 Å². The minimum Gasteiger partial charge on any atom is -0.486 e. The highest BCUT2D eigenvalue weighted by Crippen LogP contribution is 2.38. The molecule has 1 N–H and O–H groups in total. The molecule has 0 fully saturated rings. The number of nitrogens with one attached hydrogen (secondary N) is 1. The van der Waals surface area contributed by atoms with Crippen LogP contribution in [0.25, 0.3) is 0 Å². The molecule has 0 spiro atoms. The van der Waals surface area contributed by atoms with Crippen LogP contribution in [-0.4, -0.2) is 18.2 Å². The van der Waals surface area contributed by atoms with Gasteiger partial charge in [-0.2, -0.15) is 0 Å². The zero-order valence-corrected chi connectivity index (χ0v) is 12.8. The van der Waals surface area contributed by atoms with E-state index >= 15 is 0 Å². The summed E-state index contributed by atoms with van der Waals surface area (Å²) in [6, 6.07) is 3.89. The second-order valence-corrected chi connectivity index (χ2v) is 6.01. The maximum Gasteiger partial charge on any atom is 0.163 e. The largest absolute Gasteiger partial charge is 0.486 e. The maximum atomic E-state index is 5.58. The van der Waals surface area contributed by atoms with E-state index in [9.17, 15) is 0 Å². The van der Waals surface area contributed by atoms with Crippen LogP contribution in [0.5, 0.6) is 11.5 Å². The van der Waals surface area contributed by atoms with Gasteiger partial charge in [-0.15, -0.1) is 11.3 Å². The fourth-order valence-electron chi connectivity index (χ4n) is 1.85. The number of hydrogen-bond donors (Lipinski definition) is 1. The lowest BCUT2D eigenvalue weighted by Gasteiger charge is -2.20. The van der Waals surface area contributed by atoms with Crippen LogP contribution in [0.4, 0.5) is 5.69 Å². The van der Waals surface area contributed by atoms with Gasteiger partial charge >= 0.3 is 0 Å². The van der Waals surface area contributed by atoms with Gasteiger partial charge in [-0.05, 0) is 22.9 Å². The summed E-state index contributed by atoms with van der Waals surface area (Å²) in [5.74, 6) is 1.57. The van der Waals surface area contributed by atoms with Crippen molar-refractivity contribution in [3.8, 4) is 11.5 Å². The topological polar surface area (TPSA) is 43.4 Å². The summed E-state index contributed by atoms with van der Waals surface area (Å²) >= 11 is 5.20. The number of rotatable bonds is 3. The summed E-state index contributed by atoms with van der Waals surface area (Å²) in [6.07, 6.45) is 0. The van der Waals surface area contributed by atoms with Crippen LogP contribution >= 0.6 is 27.3 Å². The monoisotopic (exact) mass is 340 g/mol. The van der Waals surface area contributed by atoms with Crippen molar-refractivity contribution >= 4 is 33.0 Å². The van der Waals surface area contributed by atoms with E-state index in [2.05, 4.69) is 31.6 Å². The predicted molar refractivity (Wildman–Crippen MR) is 79.3 cm³/mol. The number of nitrogens with zero attached hydrogens (tertiary/aromatic N) is 1. The molecule has 6 heteroatoms. The predicted octanol–water partition coefficient (Wildman–Crippen LogP) is 3.60. The first-order valence-electron chi connectivity index (χ1n) is 5.96. The number of halogens is 1. The van der Waals surface area contributed by atoms with Crippen LogP contribution in [0.1, 0.15) is 10.7 Å². The molecule has 19 heavy (non-hydrogen) atoms. The van der Waals surface area contributed by atoms with Crippen LogP contribution < -0.4 is 14.8 Å². The molecule has 0 bridgehead atoms. The molecule has 0 unspecified atom stereocenters. The molecule has 100 valence electrons. The SMILES string of the molecule is Cc1csc(CNc2cc3c(cc2Br)OCCO3)n1. The average molecular weight is 341 g/mol. The first kappa shape index (κ1) is 12.7. The number of hydrogen-bond acceptors (Lipinski definition) is 5. The van der Waals surface area contributed by atoms with E-state index in [1.165, 1.54) is 0 Å². The van der Waals surface area contributed by atoms with Crippen LogP contribution in [0, 0.1) is 6.92 Å². The molecule has 1 aliphatic rings. The zero-order chi connectivity index (χ0) is 13.2. The van der Waals surface area contributed by atoms with E-state index in [0.717, 1.165) is 32.4 Å². The molecule has 0 amide bonds. The van der Waals surface area contributed by atoms with E-state index in [0.29, 0.717) is 19.8 Å². The summed E-state index contributed by atoms with van der Waals surface area (Å²) in [5.41, 5.74) is 2.04. The molecule has 0 atom stereocenters. The summed E-state index contributed by atoms with van der Waals surface area (Å²) in [7, 11) is 0. The Morgan fingerprint density at radius 3 is 2.74 bits per heavy atom. The van der Waals surface area contributed by atoms with E-state index in [1.807, 2.05) is 19.1 Å². The highest BCUT2D eigenvalue weighted by Gasteiger charge is 2.14. The zero-order valence-electron chi connectivity index (χ0n) is 10.4. The fourth-order valence-corrected chi connectivity index (χ4v) is 3.03. The third-order valence-electron chi connectivity index (χ3n) is 2.73. The van der Waals surface area contributed by atoms with Crippen molar-refractivity contribution in [2.24, 2.45) is 0 Å². The van der Waals surface area contributed by atoms with E-state index in [4.69, 9.17) is 9.47 Å². The number of fused-ring (bicyclic) bond motifs is 1. The molecule has 2 aromatic rings. The number of ether oxygens (including phenoxy) is 2.